The Morgan fingerprint density at radius 3 is 2.73 bits per heavy atom. The Kier molecular flexibility index (Phi) is 6.47. The molecule has 0 unspecified atom stereocenters. The van der Waals surface area contributed by atoms with Gasteiger partial charge in [0.2, 0.25) is 5.16 Å². The highest BCUT2D eigenvalue weighted by molar-refractivity contribution is 7.99. The molecule has 0 spiro atoms. The van der Waals surface area contributed by atoms with E-state index in [-0.39, 0.29) is 0 Å². The Hall–Kier alpha value is -1.80. The highest BCUT2D eigenvalue weighted by Crippen LogP contribution is 2.27. The summed E-state index contributed by atoms with van der Waals surface area (Å²) in [5, 5.41) is 15.6. The van der Waals surface area contributed by atoms with Crippen LogP contribution in [0.25, 0.3) is 0 Å². The van der Waals surface area contributed by atoms with E-state index in [1.807, 2.05) is 25.2 Å². The summed E-state index contributed by atoms with van der Waals surface area (Å²) in [5.41, 5.74) is 1.17. The third-order valence-electron chi connectivity index (χ3n) is 3.09. The lowest BCUT2D eigenvalue weighted by Crippen LogP contribution is -2.15. The van der Waals surface area contributed by atoms with Crippen molar-refractivity contribution in [1.29, 1.82) is 0 Å². The van der Waals surface area contributed by atoms with Crippen molar-refractivity contribution in [2.24, 2.45) is 7.05 Å². The summed E-state index contributed by atoms with van der Waals surface area (Å²) >= 11 is 1.66. The van der Waals surface area contributed by atoms with E-state index in [1.165, 1.54) is 5.56 Å². The van der Waals surface area contributed by atoms with Crippen LogP contribution in [0.3, 0.4) is 0 Å². The lowest BCUT2D eigenvalue weighted by Gasteiger charge is -2.10. The van der Waals surface area contributed by atoms with Crippen LogP contribution >= 0.6 is 11.8 Å². The average molecular weight is 323 g/mol. The molecule has 0 saturated carbocycles. The third-order valence-corrected chi connectivity index (χ3v) is 4.18. The molecule has 0 fully saturated rings. The van der Waals surface area contributed by atoms with Crippen molar-refractivity contribution in [3.63, 3.8) is 0 Å². The first kappa shape index (κ1) is 16.6. The van der Waals surface area contributed by atoms with Crippen molar-refractivity contribution >= 4 is 11.8 Å². The number of hydrogen-bond donors (Lipinski definition) is 1. The van der Waals surface area contributed by atoms with Gasteiger partial charge in [0.25, 0.3) is 0 Å². The second kappa shape index (κ2) is 8.60. The van der Waals surface area contributed by atoms with Gasteiger partial charge in [0, 0.05) is 19.3 Å². The van der Waals surface area contributed by atoms with E-state index in [1.54, 1.807) is 30.7 Å². The molecule has 0 bridgehead atoms. The number of ether oxygens (including phenoxy) is 2. The van der Waals surface area contributed by atoms with Crippen molar-refractivity contribution in [1.82, 2.24) is 25.5 Å². The van der Waals surface area contributed by atoms with Gasteiger partial charge in [-0.2, -0.15) is 0 Å². The Morgan fingerprint density at radius 2 is 2.05 bits per heavy atom. The molecule has 1 aromatic heterocycles. The number of rotatable bonds is 9. The Bertz CT molecular complexity index is 590. The largest absolute Gasteiger partial charge is 0.493 e. The van der Waals surface area contributed by atoms with E-state index in [4.69, 9.17) is 9.47 Å². The van der Waals surface area contributed by atoms with Gasteiger partial charge in [-0.25, -0.2) is 4.68 Å². The molecular formula is C14H21N5O2S. The maximum atomic E-state index is 5.30. The first-order valence-electron chi connectivity index (χ1n) is 7.01. The van der Waals surface area contributed by atoms with Crippen molar-refractivity contribution < 1.29 is 9.47 Å². The fourth-order valence-corrected chi connectivity index (χ4v) is 2.72. The first-order valence-corrected chi connectivity index (χ1v) is 8.00. The molecular weight excluding hydrogens is 302 g/mol. The summed E-state index contributed by atoms with van der Waals surface area (Å²) in [6, 6.07) is 5.95. The van der Waals surface area contributed by atoms with Crippen LogP contribution in [0.5, 0.6) is 11.5 Å². The Morgan fingerprint density at radius 1 is 1.23 bits per heavy atom. The second-order valence-electron chi connectivity index (χ2n) is 4.65. The zero-order chi connectivity index (χ0) is 15.8. The van der Waals surface area contributed by atoms with E-state index in [0.29, 0.717) is 0 Å². The van der Waals surface area contributed by atoms with E-state index >= 15 is 0 Å². The van der Waals surface area contributed by atoms with E-state index in [9.17, 15) is 0 Å². The molecule has 0 aliphatic heterocycles. The normalized spacial score (nSPS) is 10.7. The van der Waals surface area contributed by atoms with Gasteiger partial charge >= 0.3 is 0 Å². The topological polar surface area (TPSA) is 74.1 Å². The average Bonchev–Trinajstić information content (AvgIpc) is 2.95. The standard InChI is InChI=1S/C14H21N5O2S/c1-19-14(16-17-18-19)22-8-4-7-15-10-11-5-6-12(20-2)13(9-11)21-3/h5-6,9,15H,4,7-8,10H2,1-3H3. The van der Waals surface area contributed by atoms with Crippen LogP contribution in [0.15, 0.2) is 23.4 Å². The van der Waals surface area contributed by atoms with Crippen LogP contribution in [-0.2, 0) is 13.6 Å². The molecule has 0 aliphatic rings. The second-order valence-corrected chi connectivity index (χ2v) is 5.72. The minimum absolute atomic E-state index is 0.750. The summed E-state index contributed by atoms with van der Waals surface area (Å²) in [5.74, 6) is 2.49. The minimum atomic E-state index is 0.750. The smallest absolute Gasteiger partial charge is 0.209 e. The van der Waals surface area contributed by atoms with Crippen LogP contribution in [-0.4, -0.2) is 46.7 Å². The summed E-state index contributed by atoms with van der Waals surface area (Å²) in [4.78, 5) is 0. The van der Waals surface area contributed by atoms with Crippen molar-refractivity contribution in [3.8, 4) is 11.5 Å². The molecule has 0 saturated heterocycles. The molecule has 0 atom stereocenters. The molecule has 1 heterocycles. The van der Waals surface area contributed by atoms with E-state index in [2.05, 4.69) is 20.8 Å². The molecule has 0 aliphatic carbocycles. The molecule has 22 heavy (non-hydrogen) atoms. The molecule has 7 nitrogen and oxygen atoms in total. The highest BCUT2D eigenvalue weighted by atomic mass is 32.2. The zero-order valence-corrected chi connectivity index (χ0v) is 13.9. The van der Waals surface area contributed by atoms with E-state index in [0.717, 1.165) is 41.9 Å². The van der Waals surface area contributed by atoms with Crippen molar-refractivity contribution in [3.05, 3.63) is 23.8 Å². The number of aryl methyl sites for hydroxylation is 1. The molecule has 2 aromatic rings. The van der Waals surface area contributed by atoms with Gasteiger partial charge in [-0.1, -0.05) is 17.8 Å². The van der Waals surface area contributed by atoms with Gasteiger partial charge in [-0.3, -0.25) is 0 Å². The lowest BCUT2D eigenvalue weighted by molar-refractivity contribution is 0.354. The molecule has 2 rings (SSSR count). The SMILES string of the molecule is COc1ccc(CNCCCSc2nnnn2C)cc1OC. The van der Waals surface area contributed by atoms with Crippen LogP contribution in [0, 0.1) is 0 Å². The predicted molar refractivity (Wildman–Crippen MR) is 85.4 cm³/mol. The van der Waals surface area contributed by atoms with Crippen molar-refractivity contribution in [2.75, 3.05) is 26.5 Å². The predicted octanol–water partition coefficient (Wildman–Crippen LogP) is 1.50. The quantitative estimate of drug-likeness (QED) is 0.553. The molecule has 0 amide bonds. The van der Waals surface area contributed by atoms with Gasteiger partial charge in [0.05, 0.1) is 14.2 Å². The number of nitrogens with one attached hydrogen (secondary N) is 1. The van der Waals surface area contributed by atoms with Crippen molar-refractivity contribution in [2.45, 2.75) is 18.1 Å². The zero-order valence-electron chi connectivity index (χ0n) is 13.1. The van der Waals surface area contributed by atoms with Crippen LogP contribution in [0.1, 0.15) is 12.0 Å². The van der Waals surface area contributed by atoms with E-state index < -0.39 is 0 Å². The number of aromatic nitrogens is 4. The highest BCUT2D eigenvalue weighted by Gasteiger charge is 2.04. The fourth-order valence-electron chi connectivity index (χ4n) is 1.93. The lowest BCUT2D eigenvalue weighted by atomic mass is 10.2. The maximum absolute atomic E-state index is 5.30. The summed E-state index contributed by atoms with van der Waals surface area (Å²) in [6.45, 7) is 1.74. The molecule has 120 valence electrons. The molecule has 8 heteroatoms. The van der Waals surface area contributed by atoms with Crippen LogP contribution in [0.4, 0.5) is 0 Å². The Balaban J connectivity index is 1.67. The molecule has 1 aromatic carbocycles. The molecule has 0 radical (unpaired) electrons. The van der Waals surface area contributed by atoms with Gasteiger partial charge in [-0.15, -0.1) is 5.10 Å². The number of thioether (sulfide) groups is 1. The number of tetrazole rings is 1. The van der Waals surface area contributed by atoms with Gasteiger partial charge in [0.15, 0.2) is 11.5 Å². The van der Waals surface area contributed by atoms with Gasteiger partial charge in [0.1, 0.15) is 0 Å². The number of nitrogens with zero attached hydrogens (tertiary/aromatic N) is 4. The minimum Gasteiger partial charge on any atom is -0.493 e. The number of benzene rings is 1. The van der Waals surface area contributed by atoms with Gasteiger partial charge < -0.3 is 14.8 Å². The number of hydrogen-bond acceptors (Lipinski definition) is 7. The monoisotopic (exact) mass is 323 g/mol. The fraction of sp³-hybridized carbons (Fsp3) is 0.500. The maximum Gasteiger partial charge on any atom is 0.209 e. The van der Waals surface area contributed by atoms with Crippen LogP contribution < -0.4 is 14.8 Å². The van der Waals surface area contributed by atoms with Crippen LogP contribution in [0.2, 0.25) is 0 Å². The summed E-state index contributed by atoms with van der Waals surface area (Å²) in [7, 11) is 5.13. The first-order chi connectivity index (χ1) is 10.7. The van der Waals surface area contributed by atoms with Gasteiger partial charge in [-0.05, 0) is 41.1 Å². The summed E-state index contributed by atoms with van der Waals surface area (Å²) in [6.07, 6.45) is 1.05. The number of methoxy groups -OCH3 is 2. The summed E-state index contributed by atoms with van der Waals surface area (Å²) < 4.78 is 12.2. The molecule has 1 N–H and O–H groups in total. The Labute approximate surface area is 134 Å². The third kappa shape index (κ3) is 4.60.